The van der Waals surface area contributed by atoms with Crippen LogP contribution in [-0.2, 0) is 4.57 Å². The fourth-order valence-corrected chi connectivity index (χ4v) is 3.93. The molecule has 15 heavy (non-hydrogen) atoms. The number of rotatable bonds is 2. The van der Waals surface area contributed by atoms with Gasteiger partial charge in [0.1, 0.15) is 0 Å². The number of nitrogens with one attached hydrogen (secondary N) is 2. The molecule has 2 heterocycles. The zero-order valence-corrected chi connectivity index (χ0v) is 9.42. The summed E-state index contributed by atoms with van der Waals surface area (Å²) in [6.45, 7) is -2.29. The van der Waals surface area contributed by atoms with Gasteiger partial charge in [-0.25, -0.2) is 18.9 Å². The maximum Gasteiger partial charge on any atom is 0.360 e. The lowest BCUT2D eigenvalue weighted by Gasteiger charge is -2.27. The first-order valence-corrected chi connectivity index (χ1v) is 6.96. The van der Waals surface area contributed by atoms with E-state index in [1.54, 1.807) is 0 Å². The largest absolute Gasteiger partial charge is 0.360 e. The van der Waals surface area contributed by atoms with Gasteiger partial charge < -0.3 is 10.6 Å². The fraction of sp³-hybridized carbons (Fsp3) is 0.667. The van der Waals surface area contributed by atoms with Crippen LogP contribution < -0.4 is 10.6 Å². The molecule has 9 heteroatoms. The first-order chi connectivity index (χ1) is 7.03. The van der Waals surface area contributed by atoms with Gasteiger partial charge in [-0.15, -0.1) is 0 Å². The van der Waals surface area contributed by atoms with Crippen molar-refractivity contribution in [2.24, 2.45) is 0 Å². The van der Waals surface area contributed by atoms with E-state index < -0.39 is 18.9 Å². The van der Waals surface area contributed by atoms with Crippen LogP contribution in [0.25, 0.3) is 0 Å². The number of halogens is 1. The van der Waals surface area contributed by atoms with E-state index in [0.29, 0.717) is 13.1 Å². The Labute approximate surface area is 91.0 Å². The highest BCUT2D eigenvalue weighted by Crippen LogP contribution is 2.59. The summed E-state index contributed by atoms with van der Waals surface area (Å²) in [7, 11) is 0. The Bertz CT molecular complexity index is 332. The van der Waals surface area contributed by atoms with Crippen molar-refractivity contribution in [3.05, 3.63) is 0 Å². The number of carbonyl (C=O) groups is 2. The summed E-state index contributed by atoms with van der Waals surface area (Å²) >= 11 is 5.82. The topological polar surface area (TPSA) is 81.8 Å². The zero-order chi connectivity index (χ0) is 11.1. The van der Waals surface area contributed by atoms with Crippen molar-refractivity contribution < 1.29 is 14.2 Å². The van der Waals surface area contributed by atoms with E-state index in [4.69, 9.17) is 11.2 Å². The minimum absolute atomic E-state index is 0.253. The van der Waals surface area contributed by atoms with Crippen LogP contribution >= 0.6 is 18.0 Å². The fourth-order valence-electron chi connectivity index (χ4n) is 1.52. The van der Waals surface area contributed by atoms with Gasteiger partial charge in [-0.05, 0) is 11.2 Å². The van der Waals surface area contributed by atoms with E-state index in [1.165, 1.54) is 0 Å². The van der Waals surface area contributed by atoms with E-state index in [0.717, 1.165) is 9.34 Å². The molecule has 0 bridgehead atoms. The number of hydrogen-bond acceptors (Lipinski definition) is 3. The lowest BCUT2D eigenvalue weighted by molar-refractivity contribution is 0.229. The molecule has 0 unspecified atom stereocenters. The Balaban J connectivity index is 2.22. The lowest BCUT2D eigenvalue weighted by Crippen LogP contribution is -2.33. The molecule has 0 saturated carbocycles. The van der Waals surface area contributed by atoms with Gasteiger partial charge in [0.2, 0.25) is 0 Å². The molecule has 2 saturated heterocycles. The molecule has 0 aromatic heterocycles. The summed E-state index contributed by atoms with van der Waals surface area (Å²) in [4.78, 5) is 22.6. The molecular weight excluding hydrogens is 243 g/mol. The average molecular weight is 253 g/mol. The van der Waals surface area contributed by atoms with Gasteiger partial charge >= 0.3 is 18.9 Å². The SMILES string of the molecule is O=C1NCCN1P(=O)(Cl)N1CCNC1=O. The average Bonchev–Trinajstić information content (AvgIpc) is 2.73. The summed E-state index contributed by atoms with van der Waals surface area (Å²) in [5.41, 5.74) is 0. The van der Waals surface area contributed by atoms with Crippen LogP contribution in [0.1, 0.15) is 0 Å². The number of carbonyl (C=O) groups excluding carboxylic acids is 2. The molecule has 2 fully saturated rings. The van der Waals surface area contributed by atoms with Gasteiger partial charge in [0.25, 0.3) is 0 Å². The molecule has 2 rings (SSSR count). The van der Waals surface area contributed by atoms with E-state index in [9.17, 15) is 14.2 Å². The third-order valence-corrected chi connectivity index (χ3v) is 5.31. The highest BCUT2D eigenvalue weighted by molar-refractivity contribution is 7.86. The Hall–Kier alpha value is -0.940. The highest BCUT2D eigenvalue weighted by Gasteiger charge is 2.45. The van der Waals surface area contributed by atoms with Gasteiger partial charge in [-0.3, -0.25) is 4.57 Å². The molecular formula is C6H10ClN4O3P. The minimum Gasteiger partial charge on any atom is -0.336 e. The first kappa shape index (κ1) is 10.6. The van der Waals surface area contributed by atoms with E-state index in [-0.39, 0.29) is 13.1 Å². The second kappa shape index (κ2) is 3.57. The number of urea groups is 2. The third-order valence-electron chi connectivity index (χ3n) is 2.26. The summed E-state index contributed by atoms with van der Waals surface area (Å²) in [5, 5.41) is 4.97. The third kappa shape index (κ3) is 1.66. The quantitative estimate of drug-likeness (QED) is 0.697. The van der Waals surface area contributed by atoms with Crippen molar-refractivity contribution in [2.45, 2.75) is 0 Å². The highest BCUT2D eigenvalue weighted by atomic mass is 35.7. The van der Waals surface area contributed by atoms with E-state index in [2.05, 4.69) is 10.6 Å². The second-order valence-electron chi connectivity index (χ2n) is 3.18. The lowest BCUT2D eigenvalue weighted by atomic mass is 10.7. The predicted molar refractivity (Wildman–Crippen MR) is 53.7 cm³/mol. The molecule has 7 nitrogen and oxygen atoms in total. The molecule has 84 valence electrons. The molecule has 0 radical (unpaired) electrons. The smallest absolute Gasteiger partial charge is 0.336 e. The van der Waals surface area contributed by atoms with Crippen molar-refractivity contribution in [3.63, 3.8) is 0 Å². The standard InChI is InChI=1S/C6H10ClN4O3P/c7-15(14,10-3-1-8-5(10)12)11-4-2-9-6(11)13/h1-4H2,(H,8,12)(H,9,13). The molecule has 0 spiro atoms. The Morgan fingerprint density at radius 1 is 1.07 bits per heavy atom. The summed E-state index contributed by atoms with van der Waals surface area (Å²) < 4.78 is 14.2. The van der Waals surface area contributed by atoms with Gasteiger partial charge in [-0.1, -0.05) is 0 Å². The minimum atomic E-state index is -3.59. The molecule has 0 atom stereocenters. The van der Waals surface area contributed by atoms with Crippen LogP contribution in [0.15, 0.2) is 0 Å². The molecule has 0 aromatic carbocycles. The molecule has 4 amide bonds. The van der Waals surface area contributed by atoms with Crippen molar-refractivity contribution in [3.8, 4) is 0 Å². The van der Waals surface area contributed by atoms with Gasteiger partial charge in [-0.2, -0.15) is 0 Å². The number of hydrogen-bond donors (Lipinski definition) is 2. The molecule has 2 aliphatic heterocycles. The first-order valence-electron chi connectivity index (χ1n) is 4.45. The van der Waals surface area contributed by atoms with Gasteiger partial charge in [0.15, 0.2) is 0 Å². The molecule has 2 aliphatic rings. The second-order valence-corrected chi connectivity index (χ2v) is 6.42. The maximum absolute atomic E-state index is 12.1. The monoisotopic (exact) mass is 252 g/mol. The summed E-state index contributed by atoms with van der Waals surface area (Å²) in [6.07, 6.45) is 0. The van der Waals surface area contributed by atoms with Crippen LogP contribution in [0.5, 0.6) is 0 Å². The molecule has 2 N–H and O–H groups in total. The number of nitrogens with zero attached hydrogens (tertiary/aromatic N) is 2. The van der Waals surface area contributed by atoms with Crippen LogP contribution in [-0.4, -0.2) is 47.6 Å². The maximum atomic E-state index is 12.1. The van der Waals surface area contributed by atoms with Gasteiger partial charge in [0.05, 0.1) is 0 Å². The van der Waals surface area contributed by atoms with Crippen LogP contribution in [0, 0.1) is 0 Å². The summed E-state index contributed by atoms with van der Waals surface area (Å²) in [6, 6.07) is -0.985. The van der Waals surface area contributed by atoms with Crippen molar-refractivity contribution in [1.82, 2.24) is 20.0 Å². The van der Waals surface area contributed by atoms with Crippen LogP contribution in [0.2, 0.25) is 0 Å². The van der Waals surface area contributed by atoms with Crippen molar-refractivity contribution in [1.29, 1.82) is 0 Å². The van der Waals surface area contributed by atoms with E-state index in [1.807, 2.05) is 0 Å². The predicted octanol–water partition coefficient (Wildman–Crippen LogP) is 0.384. The van der Waals surface area contributed by atoms with Crippen molar-refractivity contribution in [2.75, 3.05) is 26.2 Å². The van der Waals surface area contributed by atoms with Crippen molar-refractivity contribution >= 4 is 30.1 Å². The molecule has 0 aromatic rings. The Kier molecular flexibility index (Phi) is 2.52. The van der Waals surface area contributed by atoms with Crippen LogP contribution in [0.3, 0.4) is 0 Å². The Morgan fingerprint density at radius 3 is 1.73 bits per heavy atom. The zero-order valence-electron chi connectivity index (χ0n) is 7.77. The molecule has 0 aliphatic carbocycles. The normalized spacial score (nSPS) is 21.9. The number of amides is 4. The van der Waals surface area contributed by atoms with E-state index >= 15 is 0 Å². The summed E-state index contributed by atoms with van der Waals surface area (Å²) in [5.74, 6) is 0. The van der Waals surface area contributed by atoms with Gasteiger partial charge in [0, 0.05) is 26.2 Å². The Morgan fingerprint density at radius 2 is 1.47 bits per heavy atom. The van der Waals surface area contributed by atoms with Crippen LogP contribution in [0.4, 0.5) is 9.59 Å².